The van der Waals surface area contributed by atoms with Gasteiger partial charge in [-0.25, -0.2) is 0 Å². The van der Waals surface area contributed by atoms with E-state index in [1.165, 1.54) is 13.2 Å². The van der Waals surface area contributed by atoms with E-state index in [1.54, 1.807) is 6.07 Å². The van der Waals surface area contributed by atoms with E-state index in [-0.39, 0.29) is 24.5 Å². The molecule has 1 rings (SSSR count). The first kappa shape index (κ1) is 17.8. The first-order valence-corrected chi connectivity index (χ1v) is 6.70. The Morgan fingerprint density at radius 3 is 2.29 bits per heavy atom. The molecule has 0 heterocycles. The van der Waals surface area contributed by atoms with Crippen molar-refractivity contribution >= 4 is 0 Å². The van der Waals surface area contributed by atoms with E-state index in [9.17, 15) is 13.2 Å². The van der Waals surface area contributed by atoms with Crippen LogP contribution in [0.5, 0.6) is 5.75 Å². The van der Waals surface area contributed by atoms with Crippen molar-refractivity contribution in [1.29, 1.82) is 0 Å². The van der Waals surface area contributed by atoms with E-state index in [0.717, 1.165) is 6.07 Å². The predicted octanol–water partition coefficient (Wildman–Crippen LogP) is 3.62. The summed E-state index contributed by atoms with van der Waals surface area (Å²) in [5.41, 5.74) is -0.352. The molecule has 6 heteroatoms. The molecular formula is C15H22F3NO2. The zero-order chi connectivity index (χ0) is 16.1. The average molecular weight is 305 g/mol. The molecule has 0 saturated carbocycles. The molecule has 1 aromatic rings. The van der Waals surface area contributed by atoms with Crippen molar-refractivity contribution in [2.24, 2.45) is 0 Å². The largest absolute Gasteiger partial charge is 0.491 e. The molecule has 0 aliphatic heterocycles. The van der Waals surface area contributed by atoms with Crippen molar-refractivity contribution in [2.75, 3.05) is 20.3 Å². The van der Waals surface area contributed by atoms with E-state index in [2.05, 4.69) is 5.32 Å². The molecule has 1 N–H and O–H groups in total. The molecule has 0 spiro atoms. The second-order valence-corrected chi connectivity index (χ2v) is 5.77. The van der Waals surface area contributed by atoms with Crippen molar-refractivity contribution in [3.8, 4) is 5.75 Å². The van der Waals surface area contributed by atoms with Gasteiger partial charge in [0.2, 0.25) is 0 Å². The van der Waals surface area contributed by atoms with Gasteiger partial charge in [-0.3, -0.25) is 0 Å². The Hall–Kier alpha value is -1.27. The van der Waals surface area contributed by atoms with E-state index in [4.69, 9.17) is 9.47 Å². The summed E-state index contributed by atoms with van der Waals surface area (Å²) in [4.78, 5) is 0. The Labute approximate surface area is 123 Å². The molecule has 0 radical (unpaired) electrons. The van der Waals surface area contributed by atoms with Crippen LogP contribution in [-0.4, -0.2) is 25.9 Å². The third kappa shape index (κ3) is 6.35. The van der Waals surface area contributed by atoms with Gasteiger partial charge in [0, 0.05) is 19.2 Å². The number of hydrogen-bond acceptors (Lipinski definition) is 3. The summed E-state index contributed by atoms with van der Waals surface area (Å²) in [6.07, 6.45) is -4.44. The molecule has 0 amide bonds. The maximum Gasteiger partial charge on any atom is 0.419 e. The number of benzene rings is 1. The quantitative estimate of drug-likeness (QED) is 0.814. The standard InChI is InChI=1S/C15H22F3NO2/c1-14(2,3)19-10-11-5-6-13(21-8-7-20-4)12(9-11)15(16,17)18/h5-6,9,19H,7-8,10H2,1-4H3. The minimum Gasteiger partial charge on any atom is -0.491 e. The number of rotatable bonds is 6. The number of hydrogen-bond donors (Lipinski definition) is 1. The van der Waals surface area contributed by atoms with Gasteiger partial charge in [-0.05, 0) is 38.5 Å². The van der Waals surface area contributed by atoms with Gasteiger partial charge in [0.05, 0.1) is 12.2 Å². The second kappa shape index (κ2) is 7.13. The summed E-state index contributed by atoms with van der Waals surface area (Å²) < 4.78 is 49.2. The van der Waals surface area contributed by atoms with Crippen LogP contribution >= 0.6 is 0 Å². The first-order chi connectivity index (χ1) is 9.63. The predicted molar refractivity (Wildman–Crippen MR) is 75.4 cm³/mol. The minimum absolute atomic E-state index is 0.0825. The minimum atomic E-state index is -4.44. The molecule has 120 valence electrons. The van der Waals surface area contributed by atoms with Crippen LogP contribution in [0.25, 0.3) is 0 Å². The molecule has 3 nitrogen and oxygen atoms in total. The smallest absolute Gasteiger partial charge is 0.419 e. The summed E-state index contributed by atoms with van der Waals surface area (Å²) in [5, 5.41) is 3.16. The lowest BCUT2D eigenvalue weighted by molar-refractivity contribution is -0.139. The number of methoxy groups -OCH3 is 1. The van der Waals surface area contributed by atoms with Crippen molar-refractivity contribution in [3.63, 3.8) is 0 Å². The average Bonchev–Trinajstić information content (AvgIpc) is 2.35. The molecule has 21 heavy (non-hydrogen) atoms. The lowest BCUT2D eigenvalue weighted by Crippen LogP contribution is -2.35. The Bertz CT molecular complexity index is 453. The highest BCUT2D eigenvalue weighted by molar-refractivity contribution is 5.39. The molecule has 0 aliphatic rings. The maximum absolute atomic E-state index is 13.1. The van der Waals surface area contributed by atoms with E-state index >= 15 is 0 Å². The van der Waals surface area contributed by atoms with Crippen molar-refractivity contribution < 1.29 is 22.6 Å². The zero-order valence-electron chi connectivity index (χ0n) is 12.8. The fourth-order valence-corrected chi connectivity index (χ4v) is 1.64. The monoisotopic (exact) mass is 305 g/mol. The van der Waals surface area contributed by atoms with Crippen LogP contribution in [0.4, 0.5) is 13.2 Å². The molecule has 0 atom stereocenters. The van der Waals surface area contributed by atoms with Crippen LogP contribution in [0, 0.1) is 0 Å². The van der Waals surface area contributed by atoms with Crippen LogP contribution in [-0.2, 0) is 17.5 Å². The summed E-state index contributed by atoms with van der Waals surface area (Å²) in [6.45, 7) is 6.56. The third-order valence-corrected chi connectivity index (χ3v) is 2.72. The van der Waals surface area contributed by atoms with E-state index < -0.39 is 11.7 Å². The molecule has 0 bridgehead atoms. The van der Waals surface area contributed by atoms with Crippen molar-refractivity contribution in [1.82, 2.24) is 5.32 Å². The second-order valence-electron chi connectivity index (χ2n) is 5.77. The van der Waals surface area contributed by atoms with Gasteiger partial charge in [-0.2, -0.15) is 13.2 Å². The normalized spacial score (nSPS) is 12.5. The number of halogens is 3. The lowest BCUT2D eigenvalue weighted by Gasteiger charge is -2.21. The third-order valence-electron chi connectivity index (χ3n) is 2.72. The Morgan fingerprint density at radius 2 is 1.76 bits per heavy atom. The van der Waals surface area contributed by atoms with Crippen LogP contribution in [0.2, 0.25) is 0 Å². The fourth-order valence-electron chi connectivity index (χ4n) is 1.64. The van der Waals surface area contributed by atoms with Gasteiger partial charge in [-0.1, -0.05) is 6.07 Å². The Balaban J connectivity index is 2.91. The van der Waals surface area contributed by atoms with Crippen LogP contribution in [0.3, 0.4) is 0 Å². The molecule has 1 aromatic carbocycles. The topological polar surface area (TPSA) is 30.5 Å². The van der Waals surface area contributed by atoms with Gasteiger partial charge < -0.3 is 14.8 Å². The van der Waals surface area contributed by atoms with Gasteiger partial charge in [-0.15, -0.1) is 0 Å². The van der Waals surface area contributed by atoms with Gasteiger partial charge in [0.15, 0.2) is 0 Å². The number of ether oxygens (including phenoxy) is 2. The highest BCUT2D eigenvalue weighted by Gasteiger charge is 2.34. The number of nitrogens with one attached hydrogen (secondary N) is 1. The Kier molecular flexibility index (Phi) is 6.04. The van der Waals surface area contributed by atoms with E-state index in [1.807, 2.05) is 20.8 Å². The lowest BCUT2D eigenvalue weighted by atomic mass is 10.1. The van der Waals surface area contributed by atoms with Crippen molar-refractivity contribution in [2.45, 2.75) is 39.0 Å². The fraction of sp³-hybridized carbons (Fsp3) is 0.600. The van der Waals surface area contributed by atoms with Crippen molar-refractivity contribution in [3.05, 3.63) is 29.3 Å². The summed E-state index contributed by atoms with van der Waals surface area (Å²) in [7, 11) is 1.47. The molecule has 0 unspecified atom stereocenters. The van der Waals surface area contributed by atoms with Crippen LogP contribution in [0.15, 0.2) is 18.2 Å². The maximum atomic E-state index is 13.1. The SMILES string of the molecule is COCCOc1ccc(CNC(C)(C)C)cc1C(F)(F)F. The molecule has 0 aliphatic carbocycles. The van der Waals surface area contributed by atoms with Gasteiger partial charge >= 0.3 is 6.18 Å². The number of alkyl halides is 3. The van der Waals surface area contributed by atoms with E-state index in [0.29, 0.717) is 12.1 Å². The molecule has 0 fully saturated rings. The van der Waals surface area contributed by atoms with Gasteiger partial charge in [0.1, 0.15) is 12.4 Å². The molecule has 0 saturated heterocycles. The zero-order valence-corrected chi connectivity index (χ0v) is 12.8. The van der Waals surface area contributed by atoms with Crippen LogP contribution < -0.4 is 10.1 Å². The highest BCUT2D eigenvalue weighted by Crippen LogP contribution is 2.36. The Morgan fingerprint density at radius 1 is 1.10 bits per heavy atom. The molecule has 0 aromatic heterocycles. The summed E-state index contributed by atoms with van der Waals surface area (Å²) in [6, 6.07) is 4.12. The van der Waals surface area contributed by atoms with Gasteiger partial charge in [0.25, 0.3) is 0 Å². The van der Waals surface area contributed by atoms with Crippen LogP contribution in [0.1, 0.15) is 31.9 Å². The summed E-state index contributed by atoms with van der Waals surface area (Å²) >= 11 is 0. The first-order valence-electron chi connectivity index (χ1n) is 6.70. The molecular weight excluding hydrogens is 283 g/mol. The summed E-state index contributed by atoms with van der Waals surface area (Å²) in [5.74, 6) is -0.168. The highest BCUT2D eigenvalue weighted by atomic mass is 19.4.